The van der Waals surface area contributed by atoms with Gasteiger partial charge in [-0.05, 0) is 37.5 Å². The number of carbonyl (C=O) groups is 1. The summed E-state index contributed by atoms with van der Waals surface area (Å²) in [6.07, 6.45) is 6.62. The van der Waals surface area contributed by atoms with Gasteiger partial charge >= 0.3 is 5.97 Å². The Hall–Kier alpha value is -1.93. The number of hydroxylamine groups is 1. The number of esters is 1. The average molecular weight is 398 g/mol. The summed E-state index contributed by atoms with van der Waals surface area (Å²) in [6, 6.07) is 5.61. The monoisotopic (exact) mass is 398 g/mol. The number of piperidine rings is 1. The maximum atomic E-state index is 13.8. The Morgan fingerprint density at radius 2 is 2.07 bits per heavy atom. The molecule has 1 saturated carbocycles. The summed E-state index contributed by atoms with van der Waals surface area (Å²) < 4.78 is 10.6. The molecule has 3 aliphatic carbocycles. The predicted molar refractivity (Wildman–Crippen MR) is 103 cm³/mol. The van der Waals surface area contributed by atoms with Gasteiger partial charge < -0.3 is 24.9 Å². The summed E-state index contributed by atoms with van der Waals surface area (Å²) >= 11 is 0. The first-order valence-electron chi connectivity index (χ1n) is 10.4. The number of ether oxygens (including phenoxy) is 2. The third-order valence-corrected chi connectivity index (χ3v) is 8.95. The van der Waals surface area contributed by atoms with Crippen LogP contribution in [-0.4, -0.2) is 54.5 Å². The highest BCUT2D eigenvalue weighted by Crippen LogP contribution is 2.73. The van der Waals surface area contributed by atoms with Crippen LogP contribution >= 0.6 is 0 Å². The van der Waals surface area contributed by atoms with Crippen molar-refractivity contribution in [3.63, 3.8) is 0 Å². The number of benzene rings is 1. The van der Waals surface area contributed by atoms with Gasteiger partial charge in [0.2, 0.25) is 0 Å². The zero-order valence-electron chi connectivity index (χ0n) is 16.7. The number of aliphatic hydroxyl groups is 1. The minimum atomic E-state index is -1.29. The molecule has 6 atom stereocenters. The van der Waals surface area contributed by atoms with Crippen LogP contribution in [0.15, 0.2) is 30.4 Å². The lowest BCUT2D eigenvalue weighted by atomic mass is 9.40. The summed E-state index contributed by atoms with van der Waals surface area (Å²) in [5.74, 6) is 0.00206. The van der Waals surface area contributed by atoms with Crippen LogP contribution in [0.25, 0.3) is 0 Å². The molecular weight excluding hydrogens is 372 g/mol. The van der Waals surface area contributed by atoms with Crippen molar-refractivity contribution >= 4 is 11.7 Å². The molecule has 2 N–H and O–H groups in total. The number of hydrogen-bond acceptors (Lipinski definition) is 6. The van der Waals surface area contributed by atoms with E-state index in [1.807, 2.05) is 30.4 Å². The number of rotatable bonds is 2. The molecule has 0 amide bonds. The van der Waals surface area contributed by atoms with Crippen LogP contribution in [0.2, 0.25) is 0 Å². The van der Waals surface area contributed by atoms with E-state index in [2.05, 4.69) is 4.90 Å². The van der Waals surface area contributed by atoms with Gasteiger partial charge in [-0.15, -0.1) is 0 Å². The largest absolute Gasteiger partial charge is 0.628 e. The molecule has 6 aliphatic rings. The molecule has 0 aromatic heterocycles. The molecule has 7 heteroatoms. The van der Waals surface area contributed by atoms with Crippen molar-refractivity contribution in [2.45, 2.75) is 42.4 Å². The van der Waals surface area contributed by atoms with Gasteiger partial charge in [0, 0.05) is 36.6 Å². The number of nitrogens with one attached hydrogen (secondary N) is 1. The van der Waals surface area contributed by atoms with E-state index in [0.717, 1.165) is 5.56 Å². The molecule has 1 aromatic carbocycles. The first-order valence-corrected chi connectivity index (χ1v) is 10.4. The van der Waals surface area contributed by atoms with Crippen LogP contribution in [0.4, 0.5) is 5.69 Å². The quantitative estimate of drug-likeness (QED) is 0.432. The molecule has 2 saturated heterocycles. The number of nitrogens with zero attached hydrogens (tertiary/aromatic N) is 1. The van der Waals surface area contributed by atoms with Crippen molar-refractivity contribution in [2.75, 3.05) is 27.3 Å². The summed E-state index contributed by atoms with van der Waals surface area (Å²) in [6.45, 7) is 1.33. The van der Waals surface area contributed by atoms with Gasteiger partial charge in [0.05, 0.1) is 20.1 Å². The highest BCUT2D eigenvalue weighted by atomic mass is 16.5. The zero-order valence-corrected chi connectivity index (χ0v) is 16.7. The molecule has 2 unspecified atom stereocenters. The Bertz CT molecular complexity index is 965. The van der Waals surface area contributed by atoms with Crippen LogP contribution in [-0.2, 0) is 14.9 Å². The first-order chi connectivity index (χ1) is 13.9. The van der Waals surface area contributed by atoms with Gasteiger partial charge in [-0.2, -0.15) is 0 Å². The fraction of sp³-hybridized carbons (Fsp3) is 0.591. The zero-order chi connectivity index (χ0) is 20.2. The molecule has 3 fully saturated rings. The molecule has 154 valence electrons. The first kappa shape index (κ1) is 17.9. The topological polar surface area (TPSA) is 86.5 Å². The summed E-state index contributed by atoms with van der Waals surface area (Å²) in [7, 11) is 3.03. The van der Waals surface area contributed by atoms with Crippen LogP contribution in [0.5, 0.6) is 5.75 Å². The molecule has 3 aliphatic heterocycles. The second kappa shape index (κ2) is 5.21. The summed E-state index contributed by atoms with van der Waals surface area (Å²) in [4.78, 5) is 14.9. The van der Waals surface area contributed by atoms with Crippen LogP contribution in [0.3, 0.4) is 0 Å². The van der Waals surface area contributed by atoms with E-state index >= 15 is 0 Å². The average Bonchev–Trinajstić information content (AvgIpc) is 3.18. The number of carbonyl (C=O) groups excluding carboxylic acids is 1. The van der Waals surface area contributed by atoms with Crippen molar-refractivity contribution in [3.8, 4) is 5.75 Å². The van der Waals surface area contributed by atoms with E-state index in [-0.39, 0.29) is 11.0 Å². The van der Waals surface area contributed by atoms with Crippen LogP contribution in [0, 0.1) is 16.5 Å². The minimum Gasteiger partial charge on any atom is -0.628 e. The maximum absolute atomic E-state index is 13.8. The molecule has 3 spiro atoms. The smallest absolute Gasteiger partial charge is 0.309 e. The molecule has 3 heterocycles. The van der Waals surface area contributed by atoms with Gasteiger partial charge in [-0.25, -0.2) is 0 Å². The number of hydrogen-bond donors (Lipinski definition) is 2. The van der Waals surface area contributed by atoms with E-state index < -0.39 is 28.0 Å². The molecule has 2 bridgehead atoms. The predicted octanol–water partition coefficient (Wildman–Crippen LogP) is 0.637. The lowest BCUT2D eigenvalue weighted by Gasteiger charge is -2.69. The SMILES string of the molecule is COC(=O)C1CCN2CC[C@]34c5cc(OC)ccc5[NH+]([O-])[C@]35C=C[C@@]1(CC5)[C@]24O. The van der Waals surface area contributed by atoms with Crippen molar-refractivity contribution in [1.29, 1.82) is 0 Å². The third kappa shape index (κ3) is 1.54. The molecule has 7 nitrogen and oxygen atoms in total. The van der Waals surface area contributed by atoms with Gasteiger partial charge in [0.15, 0.2) is 0 Å². The normalized spacial score (nSPS) is 46.2. The molecular formula is C22H26N2O5. The maximum Gasteiger partial charge on any atom is 0.309 e. The van der Waals surface area contributed by atoms with Gasteiger partial charge in [0.1, 0.15) is 28.1 Å². The van der Waals surface area contributed by atoms with Crippen LogP contribution < -0.4 is 9.80 Å². The van der Waals surface area contributed by atoms with Crippen LogP contribution in [0.1, 0.15) is 31.2 Å². The molecule has 1 aromatic rings. The van der Waals surface area contributed by atoms with E-state index in [0.29, 0.717) is 50.2 Å². The Morgan fingerprint density at radius 3 is 2.76 bits per heavy atom. The fourth-order valence-electron chi connectivity index (χ4n) is 7.85. The Labute approximate surface area is 169 Å². The highest BCUT2D eigenvalue weighted by Gasteiger charge is 2.86. The fourth-order valence-corrected chi connectivity index (χ4v) is 7.85. The molecule has 7 rings (SSSR count). The van der Waals surface area contributed by atoms with Crippen molar-refractivity contribution < 1.29 is 24.4 Å². The standard InChI is InChI=1S/C22H26N2O5/c1-28-14-3-4-17-16(13-14)21-10-12-23-11-5-15(18(25)29-2)19(22(21,23)26)6-8-20(21,9-7-19)24(17)27/h3-4,6,8,13,15,24,26H,5,7,9-12H2,1-2H3/t15?,19-,20-,21-,22+/m0/s1. The van der Waals surface area contributed by atoms with Crippen molar-refractivity contribution in [2.24, 2.45) is 11.3 Å². The second-order valence-corrected chi connectivity index (χ2v) is 9.26. The summed E-state index contributed by atoms with van der Waals surface area (Å²) in [5.41, 5.74) is -2.00. The van der Waals surface area contributed by atoms with Crippen molar-refractivity contribution in [3.05, 3.63) is 41.1 Å². The van der Waals surface area contributed by atoms with Gasteiger partial charge in [-0.3, -0.25) is 9.69 Å². The van der Waals surface area contributed by atoms with E-state index in [4.69, 9.17) is 9.47 Å². The Balaban J connectivity index is 1.68. The van der Waals surface area contributed by atoms with E-state index in [1.165, 1.54) is 7.11 Å². The number of fused-ring (bicyclic) bond motifs is 2. The summed E-state index contributed by atoms with van der Waals surface area (Å²) in [5, 5.41) is 26.5. The Kier molecular flexibility index (Phi) is 3.21. The van der Waals surface area contributed by atoms with E-state index in [9.17, 15) is 15.1 Å². The molecule has 0 radical (unpaired) electrons. The van der Waals surface area contributed by atoms with Crippen molar-refractivity contribution in [1.82, 2.24) is 4.90 Å². The highest BCUT2D eigenvalue weighted by molar-refractivity contribution is 5.76. The van der Waals surface area contributed by atoms with Gasteiger partial charge in [-0.1, -0.05) is 6.08 Å². The third-order valence-electron chi connectivity index (χ3n) is 8.95. The lowest BCUT2D eigenvalue weighted by Crippen LogP contribution is -3.14. The number of methoxy groups -OCH3 is 2. The molecule has 29 heavy (non-hydrogen) atoms. The lowest BCUT2D eigenvalue weighted by molar-refractivity contribution is -0.835. The second-order valence-electron chi connectivity index (χ2n) is 9.26. The van der Waals surface area contributed by atoms with Gasteiger partial charge in [0.25, 0.3) is 0 Å². The minimum absolute atomic E-state index is 0.0927. The Morgan fingerprint density at radius 1 is 1.24 bits per heavy atom. The van der Waals surface area contributed by atoms with E-state index in [1.54, 1.807) is 7.11 Å². The number of quaternary nitrogens is 1.